The first-order valence-corrected chi connectivity index (χ1v) is 16.7. The van der Waals surface area contributed by atoms with Gasteiger partial charge in [-0.1, -0.05) is 87.6 Å². The molecule has 0 aliphatic carbocycles. The van der Waals surface area contributed by atoms with Crippen LogP contribution in [0.3, 0.4) is 0 Å². The maximum atomic E-state index is 11.7. The first kappa shape index (κ1) is 44.3. The summed E-state index contributed by atoms with van der Waals surface area (Å²) in [5.74, 6) is -2.65. The molecule has 0 aliphatic rings. The van der Waals surface area contributed by atoms with Gasteiger partial charge >= 0.3 is 0 Å². The number of aliphatic hydroxyl groups is 2. The standard InChI is InChI=1S/C22H36O4.C12H26N4O3/c1-2-3-10-15-20(23)17-12-8-9-13-18-21(24)16-11-6-4-5-7-14-19-22(25)26;13-7-3-1-5-9(15)11(17)16-10(12(18)19)6-2-4-8-14/h3,8-10,12-13,17-18,20-21,23-24H,2,4-7,11,14-16,19H2,1H3,(H,25,26);9-10H,1-8,13-15H2,(H,16,17)(H,18,19)/b9-8-,10-3-,17-12+,18-13+;/t20-,21-;9-,10-/m00/s1. The minimum atomic E-state index is -1.26. The number of carbonyl (C=O) groups excluding carboxylic acids is 3. The van der Waals surface area contributed by atoms with Gasteiger partial charge in [0.25, 0.3) is 0 Å². The zero-order valence-corrected chi connectivity index (χ0v) is 27.6. The quantitative estimate of drug-likeness (QED) is 0.0405. The van der Waals surface area contributed by atoms with Gasteiger partial charge in [-0.25, -0.2) is 0 Å². The van der Waals surface area contributed by atoms with Crippen molar-refractivity contribution in [2.75, 3.05) is 13.1 Å². The van der Waals surface area contributed by atoms with Crippen molar-refractivity contribution in [3.8, 4) is 0 Å². The molecule has 0 heterocycles. The van der Waals surface area contributed by atoms with E-state index >= 15 is 0 Å². The summed E-state index contributed by atoms with van der Waals surface area (Å²) in [5, 5.41) is 43.2. The highest BCUT2D eigenvalue weighted by Crippen LogP contribution is 2.10. The third-order valence-corrected chi connectivity index (χ3v) is 6.86. The summed E-state index contributed by atoms with van der Waals surface area (Å²) < 4.78 is 0. The maximum absolute atomic E-state index is 11.7. The van der Waals surface area contributed by atoms with Gasteiger partial charge < -0.3 is 52.5 Å². The Bertz CT molecular complexity index is 861. The number of rotatable bonds is 27. The van der Waals surface area contributed by atoms with Crippen molar-refractivity contribution in [1.82, 2.24) is 5.32 Å². The number of carboxylic acids is 2. The largest absolute Gasteiger partial charge is 0.550 e. The zero-order chi connectivity index (χ0) is 34.1. The van der Waals surface area contributed by atoms with Crippen LogP contribution in [0.15, 0.2) is 48.6 Å². The third kappa shape index (κ3) is 32.4. The first-order chi connectivity index (χ1) is 21.6. The maximum Gasteiger partial charge on any atom is 0.237 e. The van der Waals surface area contributed by atoms with E-state index < -0.39 is 42.1 Å². The van der Waals surface area contributed by atoms with Crippen LogP contribution in [0.5, 0.6) is 0 Å². The summed E-state index contributed by atoms with van der Waals surface area (Å²) in [6.07, 6.45) is 26.3. The van der Waals surface area contributed by atoms with E-state index in [0.717, 1.165) is 77.3 Å². The molecule has 11 heteroatoms. The van der Waals surface area contributed by atoms with Crippen LogP contribution in [0.2, 0.25) is 0 Å². The molecule has 0 unspecified atom stereocenters. The van der Waals surface area contributed by atoms with E-state index in [2.05, 4.69) is 23.7 Å². The molecule has 0 fully saturated rings. The number of allylic oxidation sites excluding steroid dienone is 5. The van der Waals surface area contributed by atoms with Gasteiger partial charge in [0, 0.05) is 5.97 Å². The van der Waals surface area contributed by atoms with Gasteiger partial charge in [-0.05, 0) is 70.6 Å². The van der Waals surface area contributed by atoms with Crippen LogP contribution in [-0.2, 0) is 14.4 Å². The van der Waals surface area contributed by atoms with Crippen LogP contribution in [0.25, 0.3) is 0 Å². The molecule has 0 aromatic rings. The topological polar surface area (TPSA) is 231 Å². The number of nitrogens with two attached hydrogens (primary N) is 1. The van der Waals surface area contributed by atoms with Gasteiger partial charge in [0.15, 0.2) is 0 Å². The third-order valence-electron chi connectivity index (χ3n) is 6.86. The van der Waals surface area contributed by atoms with Gasteiger partial charge in [0.2, 0.25) is 5.91 Å². The number of aliphatic carboxylic acids is 2. The highest BCUT2D eigenvalue weighted by atomic mass is 16.4. The molecule has 4 atom stereocenters. The predicted molar refractivity (Wildman–Crippen MR) is 174 cm³/mol. The Morgan fingerprint density at radius 2 is 1.27 bits per heavy atom. The zero-order valence-electron chi connectivity index (χ0n) is 27.6. The lowest BCUT2D eigenvalue weighted by Gasteiger charge is -2.21. The fraction of sp³-hybridized carbons (Fsp3) is 0.676. The fourth-order valence-corrected chi connectivity index (χ4v) is 4.15. The molecule has 0 radical (unpaired) electrons. The monoisotopic (exact) mass is 638 g/mol. The highest BCUT2D eigenvalue weighted by Gasteiger charge is 2.18. The molecule has 260 valence electrons. The molecule has 11 nitrogen and oxygen atoms in total. The van der Waals surface area contributed by atoms with E-state index in [9.17, 15) is 34.8 Å². The molecular weight excluding hydrogens is 576 g/mol. The molecule has 0 aromatic carbocycles. The molecule has 0 aromatic heterocycles. The van der Waals surface area contributed by atoms with Crippen molar-refractivity contribution >= 4 is 17.8 Å². The summed E-state index contributed by atoms with van der Waals surface area (Å²) in [7, 11) is 0. The molecule has 45 heavy (non-hydrogen) atoms. The number of nitrogens with one attached hydrogen (secondary N) is 1. The molecule has 0 saturated carbocycles. The smallest absolute Gasteiger partial charge is 0.237 e. The number of quaternary nitrogens is 2. The van der Waals surface area contributed by atoms with E-state index in [1.54, 1.807) is 12.2 Å². The van der Waals surface area contributed by atoms with E-state index in [1.807, 2.05) is 36.5 Å². The Balaban J connectivity index is 0. The van der Waals surface area contributed by atoms with Crippen LogP contribution in [0.4, 0.5) is 0 Å². The lowest BCUT2D eigenvalue weighted by atomic mass is 10.1. The molecule has 0 saturated heterocycles. The van der Waals surface area contributed by atoms with Crippen LogP contribution in [0.1, 0.15) is 110 Å². The van der Waals surface area contributed by atoms with E-state index in [0.29, 0.717) is 32.1 Å². The SMILES string of the molecule is CC/C=C\C[C@H](O)/C=C/C=C\C=C\[C@@H](O)CCCCCCCCC(=O)[O-].N[C@@H](CCCC[NH3+])C(=O)N[C@@H](CCCC[NH3+])C(=O)[O-]. The first-order valence-electron chi connectivity index (χ1n) is 16.7. The number of carbonyl (C=O) groups is 3. The summed E-state index contributed by atoms with van der Waals surface area (Å²) in [6.45, 7) is 3.62. The Kier molecular flexibility index (Phi) is 32.1. The number of hydrogen-bond donors (Lipinski definition) is 6. The molecule has 11 N–H and O–H groups in total. The van der Waals surface area contributed by atoms with Gasteiger partial charge in [0.05, 0.1) is 43.4 Å². The summed E-state index contributed by atoms with van der Waals surface area (Å²) in [5.41, 5.74) is 13.1. The van der Waals surface area contributed by atoms with Crippen LogP contribution < -0.4 is 32.7 Å². The van der Waals surface area contributed by atoms with E-state index in [4.69, 9.17) is 5.73 Å². The van der Waals surface area contributed by atoms with Crippen molar-refractivity contribution in [2.24, 2.45) is 5.73 Å². The Morgan fingerprint density at radius 1 is 0.733 bits per heavy atom. The average molecular weight is 639 g/mol. The minimum Gasteiger partial charge on any atom is -0.550 e. The second kappa shape index (κ2) is 32.6. The number of hydrogen-bond acceptors (Lipinski definition) is 8. The Hall–Kier alpha value is -2.83. The Labute approximate surface area is 270 Å². The van der Waals surface area contributed by atoms with Crippen molar-refractivity contribution < 1.29 is 46.3 Å². The molecule has 1 amide bonds. The van der Waals surface area contributed by atoms with Gasteiger partial charge in [-0.2, -0.15) is 0 Å². The van der Waals surface area contributed by atoms with E-state index in [1.165, 1.54) is 0 Å². The molecular formula is C34H62N4O7. The molecule has 0 spiro atoms. The predicted octanol–water partition coefficient (Wildman–Crippen LogP) is -0.0234. The van der Waals surface area contributed by atoms with E-state index in [-0.39, 0.29) is 6.42 Å². The normalized spacial score (nSPS) is 14.4. The average Bonchev–Trinajstić information content (AvgIpc) is 3.00. The van der Waals surface area contributed by atoms with Crippen LogP contribution >= 0.6 is 0 Å². The molecule has 0 bridgehead atoms. The molecule has 0 aliphatic heterocycles. The number of amides is 1. The molecule has 0 rings (SSSR count). The fourth-order valence-electron chi connectivity index (χ4n) is 4.15. The number of unbranched alkanes of at least 4 members (excludes halogenated alkanes) is 7. The second-order valence-electron chi connectivity index (χ2n) is 11.1. The lowest BCUT2D eigenvalue weighted by molar-refractivity contribution is -0.369. The van der Waals surface area contributed by atoms with Crippen LogP contribution in [-0.4, -0.2) is 65.4 Å². The van der Waals surface area contributed by atoms with Crippen molar-refractivity contribution in [2.45, 2.75) is 134 Å². The minimum absolute atomic E-state index is 0.154. The van der Waals surface area contributed by atoms with Gasteiger partial charge in [0.1, 0.15) is 0 Å². The highest BCUT2D eigenvalue weighted by molar-refractivity contribution is 5.86. The van der Waals surface area contributed by atoms with Gasteiger partial charge in [-0.3, -0.25) is 4.79 Å². The summed E-state index contributed by atoms with van der Waals surface area (Å²) in [4.78, 5) is 32.9. The number of carboxylic acid groups (broad SMARTS) is 2. The second-order valence-corrected chi connectivity index (χ2v) is 11.1. The summed E-state index contributed by atoms with van der Waals surface area (Å²) in [6, 6.07) is -1.63. The van der Waals surface area contributed by atoms with Crippen molar-refractivity contribution in [1.29, 1.82) is 0 Å². The van der Waals surface area contributed by atoms with Gasteiger partial charge in [-0.15, -0.1) is 0 Å². The summed E-state index contributed by atoms with van der Waals surface area (Å²) >= 11 is 0. The van der Waals surface area contributed by atoms with Crippen molar-refractivity contribution in [3.05, 3.63) is 48.6 Å². The number of aliphatic hydroxyl groups excluding tert-OH is 2. The van der Waals surface area contributed by atoms with Crippen molar-refractivity contribution in [3.63, 3.8) is 0 Å². The Morgan fingerprint density at radius 3 is 1.82 bits per heavy atom. The van der Waals surface area contributed by atoms with Crippen LogP contribution in [0, 0.1) is 0 Å². The lowest BCUT2D eigenvalue weighted by Crippen LogP contribution is -2.53.